The Morgan fingerprint density at radius 1 is 1.22 bits per heavy atom. The molecule has 2 heterocycles. The first-order valence-electron chi connectivity index (χ1n) is 8.54. The van der Waals surface area contributed by atoms with Crippen LogP contribution < -0.4 is 15.6 Å². The maximum atomic E-state index is 12.5. The molecule has 27 heavy (non-hydrogen) atoms. The van der Waals surface area contributed by atoms with Crippen LogP contribution in [0, 0.1) is 11.3 Å². The molecular formula is C20H19ClN4O2. The first-order chi connectivity index (χ1) is 12.9. The summed E-state index contributed by atoms with van der Waals surface area (Å²) < 4.78 is 5.71. The number of nitrogens with one attached hydrogen (secondary N) is 2. The lowest BCUT2D eigenvalue weighted by Gasteiger charge is -2.19. The number of fused-ring (bicyclic) bond motifs is 1. The van der Waals surface area contributed by atoms with Gasteiger partial charge in [-0.15, -0.1) is 0 Å². The second kappa shape index (κ2) is 7.68. The van der Waals surface area contributed by atoms with E-state index in [1.165, 1.54) is 0 Å². The van der Waals surface area contributed by atoms with Gasteiger partial charge in [0.05, 0.1) is 17.8 Å². The molecule has 6 nitrogen and oxygen atoms in total. The summed E-state index contributed by atoms with van der Waals surface area (Å²) >= 11 is 6.06. The number of hydrogen-bond acceptors (Lipinski definition) is 5. The van der Waals surface area contributed by atoms with Crippen molar-refractivity contribution in [2.75, 3.05) is 5.32 Å². The number of anilines is 1. The third-order valence-electron chi connectivity index (χ3n) is 4.00. The Morgan fingerprint density at radius 2 is 2.00 bits per heavy atom. The zero-order chi connectivity index (χ0) is 19.6. The number of hydrogen-bond donors (Lipinski definition) is 2. The van der Waals surface area contributed by atoms with Crippen molar-refractivity contribution in [3.05, 3.63) is 63.0 Å². The summed E-state index contributed by atoms with van der Waals surface area (Å²) in [5.74, 6) is 0.330. The number of aromatic nitrogens is 2. The Bertz CT molecular complexity index is 1090. The largest absolute Gasteiger partial charge is 0.473 e. The predicted octanol–water partition coefficient (Wildman–Crippen LogP) is 4.41. The molecule has 3 rings (SSSR count). The molecule has 138 valence electrons. The molecule has 0 aliphatic rings. The van der Waals surface area contributed by atoms with Gasteiger partial charge in [-0.3, -0.25) is 4.79 Å². The highest BCUT2D eigenvalue weighted by Gasteiger charge is 2.16. The lowest BCUT2D eigenvalue weighted by Crippen LogP contribution is -2.20. The minimum absolute atomic E-state index is 0.103. The zero-order valence-electron chi connectivity index (χ0n) is 15.2. The van der Waals surface area contributed by atoms with E-state index in [4.69, 9.17) is 21.6 Å². The van der Waals surface area contributed by atoms with E-state index in [0.29, 0.717) is 22.2 Å². The van der Waals surface area contributed by atoms with Crippen LogP contribution in [0.25, 0.3) is 10.9 Å². The first-order valence-corrected chi connectivity index (χ1v) is 8.92. The summed E-state index contributed by atoms with van der Waals surface area (Å²) in [6.45, 7) is 5.63. The summed E-state index contributed by atoms with van der Waals surface area (Å²) in [6, 6.07) is 12.2. The molecule has 3 aromatic rings. The van der Waals surface area contributed by atoms with Gasteiger partial charge >= 0.3 is 0 Å². The van der Waals surface area contributed by atoms with Crippen molar-refractivity contribution >= 4 is 28.2 Å². The second-order valence-electron chi connectivity index (χ2n) is 6.48. The van der Waals surface area contributed by atoms with Gasteiger partial charge in [0.2, 0.25) is 5.88 Å². The molecule has 0 saturated heterocycles. The molecule has 0 saturated carbocycles. The highest BCUT2D eigenvalue weighted by Crippen LogP contribution is 2.28. The van der Waals surface area contributed by atoms with Crippen molar-refractivity contribution in [1.82, 2.24) is 9.97 Å². The lowest BCUT2D eigenvalue weighted by atomic mass is 10.1. The molecule has 1 atom stereocenters. The fraction of sp³-hybridized carbons (Fsp3) is 0.250. The number of halogens is 1. The van der Waals surface area contributed by atoms with Crippen molar-refractivity contribution in [3.63, 3.8) is 0 Å². The van der Waals surface area contributed by atoms with Gasteiger partial charge in [0.1, 0.15) is 11.8 Å². The average molecular weight is 383 g/mol. The first kappa shape index (κ1) is 18.7. The normalized spacial score (nSPS) is 12.0. The summed E-state index contributed by atoms with van der Waals surface area (Å²) in [7, 11) is 0. The number of ether oxygens (including phenoxy) is 1. The van der Waals surface area contributed by atoms with Crippen LogP contribution in [0.1, 0.15) is 38.1 Å². The third-order valence-corrected chi connectivity index (χ3v) is 4.23. The minimum Gasteiger partial charge on any atom is -0.473 e. The van der Waals surface area contributed by atoms with E-state index in [9.17, 15) is 4.79 Å². The molecule has 0 aliphatic carbocycles. The molecule has 0 bridgehead atoms. The average Bonchev–Trinajstić information content (AvgIpc) is 2.62. The van der Waals surface area contributed by atoms with Gasteiger partial charge in [-0.25, -0.2) is 4.98 Å². The van der Waals surface area contributed by atoms with Gasteiger partial charge in [-0.2, -0.15) is 5.26 Å². The molecule has 2 N–H and O–H groups in total. The van der Waals surface area contributed by atoms with E-state index in [-0.39, 0.29) is 23.4 Å². The Kier molecular flexibility index (Phi) is 5.33. The SMILES string of the molecule is CC(C)Oc1nc(C#N)ccc1NC(C)c1cc2cc(Cl)ccc2[nH]c1=O. The summed E-state index contributed by atoms with van der Waals surface area (Å²) in [4.78, 5) is 19.6. The van der Waals surface area contributed by atoms with Crippen molar-refractivity contribution in [3.8, 4) is 11.9 Å². The van der Waals surface area contributed by atoms with Crippen LogP contribution in [-0.4, -0.2) is 16.1 Å². The number of rotatable bonds is 5. The Labute approximate surface area is 161 Å². The number of pyridine rings is 2. The van der Waals surface area contributed by atoms with E-state index < -0.39 is 0 Å². The number of nitriles is 1. The maximum absolute atomic E-state index is 12.5. The van der Waals surface area contributed by atoms with Crippen LogP contribution in [0.15, 0.2) is 41.2 Å². The quantitative estimate of drug-likeness (QED) is 0.682. The van der Waals surface area contributed by atoms with Crippen molar-refractivity contribution in [2.45, 2.75) is 32.9 Å². The molecule has 1 aromatic carbocycles. The van der Waals surface area contributed by atoms with Gasteiger partial charge in [0.15, 0.2) is 0 Å². The molecule has 0 radical (unpaired) electrons. The fourth-order valence-corrected chi connectivity index (χ4v) is 2.93. The van der Waals surface area contributed by atoms with Crippen LogP contribution in [0.3, 0.4) is 0 Å². The van der Waals surface area contributed by atoms with Gasteiger partial charge in [-0.05, 0) is 57.2 Å². The van der Waals surface area contributed by atoms with Crippen LogP contribution in [0.2, 0.25) is 5.02 Å². The molecule has 1 unspecified atom stereocenters. The van der Waals surface area contributed by atoms with Gasteiger partial charge in [-0.1, -0.05) is 11.6 Å². The van der Waals surface area contributed by atoms with E-state index in [1.807, 2.05) is 32.9 Å². The van der Waals surface area contributed by atoms with Crippen LogP contribution in [0.5, 0.6) is 5.88 Å². The Hall–Kier alpha value is -3.04. The van der Waals surface area contributed by atoms with E-state index in [2.05, 4.69) is 15.3 Å². The molecule has 0 aliphatic heterocycles. The second-order valence-corrected chi connectivity index (χ2v) is 6.92. The van der Waals surface area contributed by atoms with Crippen LogP contribution in [-0.2, 0) is 0 Å². The van der Waals surface area contributed by atoms with Gasteiger partial charge < -0.3 is 15.0 Å². The van der Waals surface area contributed by atoms with Crippen molar-refractivity contribution in [1.29, 1.82) is 5.26 Å². The van der Waals surface area contributed by atoms with E-state index >= 15 is 0 Å². The highest BCUT2D eigenvalue weighted by molar-refractivity contribution is 6.31. The van der Waals surface area contributed by atoms with Crippen LogP contribution >= 0.6 is 11.6 Å². The van der Waals surface area contributed by atoms with Crippen molar-refractivity contribution in [2.24, 2.45) is 0 Å². The molecule has 0 amide bonds. The standard InChI is InChI=1S/C20H19ClN4O2/c1-11(2)27-20-18(7-5-15(10-22)24-20)23-12(3)16-9-13-8-14(21)4-6-17(13)25-19(16)26/h4-9,11-12,23H,1-3H3,(H,25,26). The lowest BCUT2D eigenvalue weighted by molar-refractivity contribution is 0.233. The summed E-state index contributed by atoms with van der Waals surface area (Å²) in [6.07, 6.45) is -0.103. The summed E-state index contributed by atoms with van der Waals surface area (Å²) in [5, 5.41) is 13.8. The summed E-state index contributed by atoms with van der Waals surface area (Å²) in [5.41, 5.74) is 1.98. The number of aromatic amines is 1. The fourth-order valence-electron chi connectivity index (χ4n) is 2.75. The smallest absolute Gasteiger partial charge is 0.253 e. The minimum atomic E-state index is -0.318. The maximum Gasteiger partial charge on any atom is 0.253 e. The number of benzene rings is 1. The highest BCUT2D eigenvalue weighted by atomic mass is 35.5. The van der Waals surface area contributed by atoms with E-state index in [1.54, 1.807) is 30.3 Å². The van der Waals surface area contributed by atoms with Gasteiger partial charge in [0, 0.05) is 21.5 Å². The van der Waals surface area contributed by atoms with Crippen LogP contribution in [0.4, 0.5) is 5.69 Å². The zero-order valence-corrected chi connectivity index (χ0v) is 16.0. The monoisotopic (exact) mass is 382 g/mol. The Balaban J connectivity index is 1.97. The molecular weight excluding hydrogens is 364 g/mol. The topological polar surface area (TPSA) is 90.8 Å². The van der Waals surface area contributed by atoms with Gasteiger partial charge in [0.25, 0.3) is 5.56 Å². The molecule has 0 fully saturated rings. The predicted molar refractivity (Wildman–Crippen MR) is 106 cm³/mol. The molecule has 2 aromatic heterocycles. The molecule has 7 heteroatoms. The Morgan fingerprint density at radius 3 is 2.70 bits per heavy atom. The van der Waals surface area contributed by atoms with Crippen molar-refractivity contribution < 1.29 is 4.74 Å². The molecule has 0 spiro atoms. The number of H-pyrrole nitrogens is 1. The number of nitrogens with zero attached hydrogens (tertiary/aromatic N) is 2. The van der Waals surface area contributed by atoms with E-state index in [0.717, 1.165) is 10.9 Å². The third kappa shape index (κ3) is 4.21.